The predicted octanol–water partition coefficient (Wildman–Crippen LogP) is 0.760. The number of ether oxygens (including phenoxy) is 1. The molecule has 8 heteroatoms. The summed E-state index contributed by atoms with van der Waals surface area (Å²) in [6, 6.07) is 7.89. The average Bonchev–Trinajstić information content (AvgIpc) is 3.07. The molecule has 23 heavy (non-hydrogen) atoms. The lowest BCUT2D eigenvalue weighted by Crippen LogP contribution is -2.37. The number of methoxy groups -OCH3 is 1. The van der Waals surface area contributed by atoms with E-state index in [1.165, 1.54) is 31.7 Å². The minimum absolute atomic E-state index is 0.00834. The van der Waals surface area contributed by atoms with Gasteiger partial charge in [-0.25, -0.2) is 5.43 Å². The van der Waals surface area contributed by atoms with Gasteiger partial charge >= 0.3 is 11.8 Å². The van der Waals surface area contributed by atoms with Crippen LogP contribution >= 0.6 is 0 Å². The summed E-state index contributed by atoms with van der Waals surface area (Å²) in [5, 5.41) is 15.5. The van der Waals surface area contributed by atoms with Crippen molar-refractivity contribution in [1.29, 1.82) is 0 Å². The van der Waals surface area contributed by atoms with E-state index >= 15 is 0 Å². The van der Waals surface area contributed by atoms with E-state index in [1.54, 1.807) is 18.2 Å². The highest BCUT2D eigenvalue weighted by Gasteiger charge is 2.12. The third-order valence-corrected chi connectivity index (χ3v) is 2.79. The number of rotatable bonds is 5. The van der Waals surface area contributed by atoms with E-state index in [-0.39, 0.29) is 18.0 Å². The van der Waals surface area contributed by atoms with Gasteiger partial charge in [0.1, 0.15) is 5.76 Å². The van der Waals surface area contributed by atoms with Crippen molar-refractivity contribution in [2.75, 3.05) is 7.11 Å². The number of furan rings is 1. The van der Waals surface area contributed by atoms with Crippen LogP contribution in [0.15, 0.2) is 46.1 Å². The smallest absolute Gasteiger partial charge is 0.329 e. The second kappa shape index (κ2) is 7.64. The summed E-state index contributed by atoms with van der Waals surface area (Å²) in [5.41, 5.74) is 2.68. The van der Waals surface area contributed by atoms with Crippen LogP contribution in [0.1, 0.15) is 11.3 Å². The minimum Gasteiger partial charge on any atom is -0.504 e. The van der Waals surface area contributed by atoms with Crippen molar-refractivity contribution >= 4 is 18.0 Å². The molecule has 0 aliphatic carbocycles. The summed E-state index contributed by atoms with van der Waals surface area (Å²) >= 11 is 0. The zero-order valence-corrected chi connectivity index (χ0v) is 12.3. The molecule has 8 nitrogen and oxygen atoms in total. The number of benzene rings is 1. The number of hydrogen-bond acceptors (Lipinski definition) is 6. The number of carbonyl (C=O) groups excluding carboxylic acids is 2. The zero-order valence-electron chi connectivity index (χ0n) is 12.3. The fourth-order valence-electron chi connectivity index (χ4n) is 1.65. The summed E-state index contributed by atoms with van der Waals surface area (Å²) in [4.78, 5) is 23.1. The molecule has 0 fully saturated rings. The van der Waals surface area contributed by atoms with E-state index < -0.39 is 11.8 Å². The number of amides is 2. The van der Waals surface area contributed by atoms with Crippen molar-refractivity contribution in [1.82, 2.24) is 10.7 Å². The molecule has 0 aliphatic heterocycles. The lowest BCUT2D eigenvalue weighted by molar-refractivity contribution is -0.139. The van der Waals surface area contributed by atoms with Gasteiger partial charge in [0, 0.05) is 0 Å². The standard InChI is InChI=1S/C15H15N3O5/c1-22-13-7-10(4-5-12(13)19)8-17-18-15(21)14(20)16-9-11-3-2-6-23-11/h2-8,19H,9H2,1H3,(H,16,20)(H,18,21)/b17-8-. The molecule has 0 aliphatic rings. The first-order chi connectivity index (χ1) is 11.1. The quantitative estimate of drug-likeness (QED) is 0.428. The van der Waals surface area contributed by atoms with Crippen molar-refractivity contribution in [2.24, 2.45) is 5.10 Å². The van der Waals surface area contributed by atoms with Crippen LogP contribution in [0.2, 0.25) is 0 Å². The van der Waals surface area contributed by atoms with Crippen LogP contribution < -0.4 is 15.5 Å². The van der Waals surface area contributed by atoms with E-state index in [4.69, 9.17) is 9.15 Å². The molecule has 2 rings (SSSR count). The summed E-state index contributed by atoms with van der Waals surface area (Å²) in [6.07, 6.45) is 2.79. The van der Waals surface area contributed by atoms with E-state index in [9.17, 15) is 14.7 Å². The third kappa shape index (κ3) is 4.60. The molecule has 0 atom stereocenters. The van der Waals surface area contributed by atoms with Crippen molar-refractivity contribution in [3.8, 4) is 11.5 Å². The average molecular weight is 317 g/mol. The molecule has 1 heterocycles. The fourth-order valence-corrected chi connectivity index (χ4v) is 1.65. The second-order valence-electron chi connectivity index (χ2n) is 4.39. The number of hydrazone groups is 1. The Morgan fingerprint density at radius 2 is 2.17 bits per heavy atom. The molecular formula is C15H15N3O5. The van der Waals surface area contributed by atoms with Crippen LogP contribution in [0, 0.1) is 0 Å². The molecular weight excluding hydrogens is 302 g/mol. The highest BCUT2D eigenvalue weighted by atomic mass is 16.5. The van der Waals surface area contributed by atoms with E-state index in [0.717, 1.165) is 0 Å². The van der Waals surface area contributed by atoms with Crippen molar-refractivity contribution in [3.05, 3.63) is 47.9 Å². The molecule has 0 unspecified atom stereocenters. The number of carbonyl (C=O) groups is 2. The van der Waals surface area contributed by atoms with Gasteiger partial charge in [-0.1, -0.05) is 0 Å². The first kappa shape index (κ1) is 16.1. The van der Waals surface area contributed by atoms with Gasteiger partial charge in [-0.2, -0.15) is 5.10 Å². The van der Waals surface area contributed by atoms with Crippen LogP contribution in [-0.2, 0) is 16.1 Å². The van der Waals surface area contributed by atoms with Gasteiger partial charge in [-0.3, -0.25) is 9.59 Å². The van der Waals surface area contributed by atoms with Crippen molar-refractivity contribution in [3.63, 3.8) is 0 Å². The van der Waals surface area contributed by atoms with Gasteiger partial charge in [0.2, 0.25) is 0 Å². The first-order valence-corrected chi connectivity index (χ1v) is 6.61. The Hall–Kier alpha value is -3.29. The number of nitrogens with one attached hydrogen (secondary N) is 2. The SMILES string of the molecule is COc1cc(/C=N\NC(=O)C(=O)NCc2ccco2)ccc1O. The normalized spacial score (nSPS) is 10.5. The van der Waals surface area contributed by atoms with Crippen LogP contribution in [-0.4, -0.2) is 30.2 Å². The Labute approximate surface area is 131 Å². The summed E-state index contributed by atoms with van der Waals surface area (Å²) in [7, 11) is 1.42. The second-order valence-corrected chi connectivity index (χ2v) is 4.39. The Bertz CT molecular complexity index is 710. The molecule has 2 aromatic rings. The van der Waals surface area contributed by atoms with Crippen LogP contribution in [0.4, 0.5) is 0 Å². The maximum atomic E-state index is 11.5. The van der Waals surface area contributed by atoms with Crippen LogP contribution in [0.3, 0.4) is 0 Å². The number of phenols is 1. The molecule has 120 valence electrons. The van der Waals surface area contributed by atoms with E-state index in [1.807, 2.05) is 0 Å². The highest BCUT2D eigenvalue weighted by Crippen LogP contribution is 2.25. The molecule has 1 aromatic carbocycles. The topological polar surface area (TPSA) is 113 Å². The number of hydrogen-bond donors (Lipinski definition) is 3. The Morgan fingerprint density at radius 1 is 1.35 bits per heavy atom. The highest BCUT2D eigenvalue weighted by molar-refractivity contribution is 6.35. The van der Waals surface area contributed by atoms with Gasteiger partial charge < -0.3 is 19.6 Å². The van der Waals surface area contributed by atoms with Crippen LogP contribution in [0.5, 0.6) is 11.5 Å². The molecule has 0 bridgehead atoms. The van der Waals surface area contributed by atoms with Gasteiger partial charge in [-0.15, -0.1) is 0 Å². The van der Waals surface area contributed by atoms with Crippen molar-refractivity contribution in [2.45, 2.75) is 6.54 Å². The predicted molar refractivity (Wildman–Crippen MR) is 81.0 cm³/mol. The van der Waals surface area contributed by atoms with Gasteiger partial charge in [0.25, 0.3) is 0 Å². The van der Waals surface area contributed by atoms with Gasteiger partial charge in [-0.05, 0) is 35.9 Å². The fraction of sp³-hybridized carbons (Fsp3) is 0.133. The zero-order chi connectivity index (χ0) is 16.7. The molecule has 3 N–H and O–H groups in total. The number of aromatic hydroxyl groups is 1. The number of phenolic OH excluding ortho intramolecular Hbond substituents is 1. The Morgan fingerprint density at radius 3 is 2.87 bits per heavy atom. The van der Waals surface area contributed by atoms with Crippen LogP contribution in [0.25, 0.3) is 0 Å². The first-order valence-electron chi connectivity index (χ1n) is 6.61. The molecule has 2 amide bonds. The summed E-state index contributed by atoms with van der Waals surface area (Å²) in [5.74, 6) is -0.936. The molecule has 1 aromatic heterocycles. The lowest BCUT2D eigenvalue weighted by atomic mass is 10.2. The maximum Gasteiger partial charge on any atom is 0.329 e. The summed E-state index contributed by atoms with van der Waals surface area (Å²) < 4.78 is 9.97. The Balaban J connectivity index is 1.84. The van der Waals surface area contributed by atoms with Crippen molar-refractivity contribution < 1.29 is 23.8 Å². The van der Waals surface area contributed by atoms with E-state index in [0.29, 0.717) is 11.3 Å². The molecule has 0 saturated heterocycles. The van der Waals surface area contributed by atoms with Gasteiger partial charge in [0.15, 0.2) is 11.5 Å². The molecule has 0 radical (unpaired) electrons. The number of nitrogens with zero attached hydrogens (tertiary/aromatic N) is 1. The summed E-state index contributed by atoms with van der Waals surface area (Å²) in [6.45, 7) is 0.109. The molecule has 0 spiro atoms. The lowest BCUT2D eigenvalue weighted by Gasteiger charge is -2.03. The maximum absolute atomic E-state index is 11.5. The monoisotopic (exact) mass is 317 g/mol. The van der Waals surface area contributed by atoms with E-state index in [2.05, 4.69) is 15.8 Å². The van der Waals surface area contributed by atoms with Gasteiger partial charge in [0.05, 0.1) is 26.1 Å². The third-order valence-electron chi connectivity index (χ3n) is 2.79. The largest absolute Gasteiger partial charge is 0.504 e. The minimum atomic E-state index is -0.904. The Kier molecular flexibility index (Phi) is 5.35. The molecule has 0 saturated carbocycles.